The van der Waals surface area contributed by atoms with E-state index in [9.17, 15) is 9.59 Å². The summed E-state index contributed by atoms with van der Waals surface area (Å²) < 4.78 is 0. The quantitative estimate of drug-likeness (QED) is 0.606. The molecule has 0 spiro atoms. The van der Waals surface area contributed by atoms with Gasteiger partial charge in [0, 0.05) is 31.6 Å². The van der Waals surface area contributed by atoms with Gasteiger partial charge in [-0.25, -0.2) is 0 Å². The van der Waals surface area contributed by atoms with Gasteiger partial charge in [0.15, 0.2) is 0 Å². The minimum Gasteiger partial charge on any atom is -0.366 e. The van der Waals surface area contributed by atoms with Crippen LogP contribution in [0, 0.1) is 0 Å². The van der Waals surface area contributed by atoms with Crippen LogP contribution in [0.4, 0.5) is 0 Å². The second kappa shape index (κ2) is 8.26. The molecule has 1 aromatic carbocycles. The fourth-order valence-electron chi connectivity index (χ4n) is 1.62. The Hall–Kier alpha value is -1.88. The lowest BCUT2D eigenvalue weighted by molar-refractivity contribution is -0.120. The smallest absolute Gasteiger partial charge is 0.248 e. The minimum atomic E-state index is -0.430. The summed E-state index contributed by atoms with van der Waals surface area (Å²) in [5.41, 5.74) is 6.69. The van der Waals surface area contributed by atoms with Gasteiger partial charge in [-0.05, 0) is 24.1 Å². The zero-order valence-electron chi connectivity index (χ0n) is 11.2. The number of carbonyl (C=O) groups excluding carboxylic acids is 2. The average molecular weight is 263 g/mol. The first kappa shape index (κ1) is 15.2. The van der Waals surface area contributed by atoms with Gasteiger partial charge in [-0.1, -0.05) is 19.1 Å². The molecule has 0 radical (unpaired) electrons. The van der Waals surface area contributed by atoms with Crippen molar-refractivity contribution in [2.24, 2.45) is 5.73 Å². The molecule has 0 atom stereocenters. The van der Waals surface area contributed by atoms with E-state index in [4.69, 9.17) is 5.73 Å². The lowest BCUT2D eigenvalue weighted by Crippen LogP contribution is -2.28. The Balaban J connectivity index is 2.27. The first-order valence-corrected chi connectivity index (χ1v) is 6.49. The molecule has 2 amide bonds. The summed E-state index contributed by atoms with van der Waals surface area (Å²) in [6, 6.07) is 7.15. The lowest BCUT2D eigenvalue weighted by atomic mass is 10.1. The molecule has 0 aliphatic rings. The molecule has 1 rings (SSSR count). The Morgan fingerprint density at radius 3 is 2.74 bits per heavy atom. The molecule has 0 saturated heterocycles. The summed E-state index contributed by atoms with van der Waals surface area (Å²) in [5, 5.41) is 5.98. The van der Waals surface area contributed by atoms with Crippen LogP contribution < -0.4 is 16.4 Å². The van der Waals surface area contributed by atoms with Crippen LogP contribution in [0.15, 0.2) is 24.3 Å². The molecule has 0 saturated carbocycles. The fourth-order valence-corrected chi connectivity index (χ4v) is 1.62. The van der Waals surface area contributed by atoms with Crippen molar-refractivity contribution in [2.45, 2.75) is 26.3 Å². The van der Waals surface area contributed by atoms with Crippen LogP contribution in [0.3, 0.4) is 0 Å². The van der Waals surface area contributed by atoms with Crippen molar-refractivity contribution < 1.29 is 9.59 Å². The summed E-state index contributed by atoms with van der Waals surface area (Å²) in [5.74, 6) is -0.374. The zero-order chi connectivity index (χ0) is 14.1. The maximum Gasteiger partial charge on any atom is 0.248 e. The summed E-state index contributed by atoms with van der Waals surface area (Å²) in [7, 11) is 0. The number of primary amides is 1. The van der Waals surface area contributed by atoms with E-state index in [0.29, 0.717) is 25.1 Å². The lowest BCUT2D eigenvalue weighted by Gasteiger charge is -2.06. The highest BCUT2D eigenvalue weighted by Gasteiger charge is 2.02. The van der Waals surface area contributed by atoms with E-state index >= 15 is 0 Å². The van der Waals surface area contributed by atoms with E-state index in [1.54, 1.807) is 18.2 Å². The molecule has 5 nitrogen and oxygen atoms in total. The van der Waals surface area contributed by atoms with Crippen molar-refractivity contribution in [1.82, 2.24) is 10.6 Å². The number of hydrogen-bond acceptors (Lipinski definition) is 3. The third-order valence-electron chi connectivity index (χ3n) is 2.64. The largest absolute Gasteiger partial charge is 0.366 e. The number of amides is 2. The fraction of sp³-hybridized carbons (Fsp3) is 0.429. The van der Waals surface area contributed by atoms with Crippen molar-refractivity contribution in [1.29, 1.82) is 0 Å². The number of nitrogens with one attached hydrogen (secondary N) is 2. The van der Waals surface area contributed by atoms with Crippen LogP contribution in [-0.4, -0.2) is 24.9 Å². The van der Waals surface area contributed by atoms with E-state index in [0.717, 1.165) is 18.5 Å². The van der Waals surface area contributed by atoms with Crippen LogP contribution in [0.2, 0.25) is 0 Å². The Kier molecular flexibility index (Phi) is 6.60. The molecule has 0 unspecified atom stereocenters. The Morgan fingerprint density at radius 1 is 1.26 bits per heavy atom. The van der Waals surface area contributed by atoms with Crippen molar-refractivity contribution >= 4 is 11.8 Å². The van der Waals surface area contributed by atoms with Gasteiger partial charge in [-0.2, -0.15) is 0 Å². The van der Waals surface area contributed by atoms with Crippen LogP contribution >= 0.6 is 0 Å². The van der Waals surface area contributed by atoms with Crippen LogP contribution in [0.1, 0.15) is 35.7 Å². The van der Waals surface area contributed by atoms with Crippen LogP contribution in [-0.2, 0) is 11.3 Å². The molecule has 0 aliphatic heterocycles. The molecular formula is C14H21N3O2. The maximum absolute atomic E-state index is 11.3. The van der Waals surface area contributed by atoms with E-state index in [2.05, 4.69) is 10.6 Å². The number of nitrogens with two attached hydrogens (primary N) is 1. The van der Waals surface area contributed by atoms with Crippen molar-refractivity contribution in [3.05, 3.63) is 35.4 Å². The first-order valence-electron chi connectivity index (χ1n) is 6.49. The highest BCUT2D eigenvalue weighted by molar-refractivity contribution is 5.92. The van der Waals surface area contributed by atoms with E-state index in [1.807, 2.05) is 13.0 Å². The molecule has 0 heterocycles. The van der Waals surface area contributed by atoms with Crippen LogP contribution in [0.5, 0.6) is 0 Å². The van der Waals surface area contributed by atoms with Gasteiger partial charge in [-0.15, -0.1) is 0 Å². The van der Waals surface area contributed by atoms with Crippen molar-refractivity contribution in [2.75, 3.05) is 13.1 Å². The Bertz CT molecular complexity index is 432. The van der Waals surface area contributed by atoms with Gasteiger partial charge in [-0.3, -0.25) is 9.59 Å². The van der Waals surface area contributed by atoms with E-state index in [1.165, 1.54) is 0 Å². The Morgan fingerprint density at radius 2 is 2.05 bits per heavy atom. The topological polar surface area (TPSA) is 84.2 Å². The van der Waals surface area contributed by atoms with Crippen LogP contribution in [0.25, 0.3) is 0 Å². The first-order chi connectivity index (χ1) is 9.13. The maximum atomic E-state index is 11.3. The number of rotatable bonds is 8. The predicted octanol–water partition coefficient (Wildman–Crippen LogP) is 0.791. The van der Waals surface area contributed by atoms with Gasteiger partial charge in [0.25, 0.3) is 0 Å². The molecule has 1 aromatic rings. The summed E-state index contributed by atoms with van der Waals surface area (Å²) in [6.07, 6.45) is 1.40. The third-order valence-corrected chi connectivity index (χ3v) is 2.64. The Labute approximate surface area is 113 Å². The molecule has 0 fully saturated rings. The van der Waals surface area contributed by atoms with Gasteiger partial charge in [0.05, 0.1) is 0 Å². The summed E-state index contributed by atoms with van der Waals surface area (Å²) >= 11 is 0. The van der Waals surface area contributed by atoms with Gasteiger partial charge in [0.2, 0.25) is 11.8 Å². The van der Waals surface area contributed by atoms with E-state index in [-0.39, 0.29) is 5.91 Å². The molecule has 104 valence electrons. The minimum absolute atomic E-state index is 0.0558. The normalized spacial score (nSPS) is 10.2. The molecule has 4 N–H and O–H groups in total. The van der Waals surface area contributed by atoms with Gasteiger partial charge in [0.1, 0.15) is 0 Å². The molecule has 0 aliphatic carbocycles. The second-order valence-electron chi connectivity index (χ2n) is 4.34. The molecule has 0 aromatic heterocycles. The van der Waals surface area contributed by atoms with Crippen molar-refractivity contribution in [3.63, 3.8) is 0 Å². The zero-order valence-corrected chi connectivity index (χ0v) is 11.2. The monoisotopic (exact) mass is 263 g/mol. The molecule has 0 bridgehead atoms. The highest BCUT2D eigenvalue weighted by Crippen LogP contribution is 2.04. The predicted molar refractivity (Wildman–Crippen MR) is 74.6 cm³/mol. The molecular weight excluding hydrogens is 242 g/mol. The van der Waals surface area contributed by atoms with Gasteiger partial charge >= 0.3 is 0 Å². The molecule has 19 heavy (non-hydrogen) atoms. The summed E-state index contributed by atoms with van der Waals surface area (Å²) in [6.45, 7) is 3.96. The number of benzene rings is 1. The summed E-state index contributed by atoms with van der Waals surface area (Å²) in [4.78, 5) is 22.4. The standard InChI is InChI=1S/C14H21N3O2/c1-2-7-17-13(18)6-8-16-10-11-4-3-5-12(9-11)14(15)19/h3-5,9,16H,2,6-8,10H2,1H3,(H2,15,19)(H,17,18). The second-order valence-corrected chi connectivity index (χ2v) is 4.34. The third kappa shape index (κ3) is 6.01. The average Bonchev–Trinajstić information content (AvgIpc) is 2.41. The number of hydrogen-bond donors (Lipinski definition) is 3. The number of carbonyl (C=O) groups is 2. The van der Waals surface area contributed by atoms with Gasteiger partial charge < -0.3 is 16.4 Å². The van der Waals surface area contributed by atoms with E-state index < -0.39 is 5.91 Å². The SMILES string of the molecule is CCCNC(=O)CCNCc1cccc(C(N)=O)c1. The molecule has 5 heteroatoms. The van der Waals surface area contributed by atoms with Crippen molar-refractivity contribution in [3.8, 4) is 0 Å². The highest BCUT2D eigenvalue weighted by atomic mass is 16.1.